The Morgan fingerprint density at radius 2 is 2.07 bits per heavy atom. The van der Waals surface area contributed by atoms with E-state index < -0.39 is 0 Å². The van der Waals surface area contributed by atoms with Crippen molar-refractivity contribution in [2.75, 3.05) is 12.4 Å². The molecule has 1 rings (SSSR count). The van der Waals surface area contributed by atoms with Gasteiger partial charge in [-0.05, 0) is 25.5 Å². The lowest BCUT2D eigenvalue weighted by Gasteiger charge is -1.99. The molecule has 0 radical (unpaired) electrons. The zero-order valence-electron chi connectivity index (χ0n) is 8.44. The largest absolute Gasteiger partial charge is 0.392 e. The molecule has 0 amide bonds. The topological polar surface area (TPSA) is 20.2 Å². The molecule has 14 heavy (non-hydrogen) atoms. The predicted octanol–water partition coefficient (Wildman–Crippen LogP) is 3.11. The first kappa shape index (κ1) is 11.3. The summed E-state index contributed by atoms with van der Waals surface area (Å²) in [7, 11) is 0. The smallest absolute Gasteiger partial charge is 0.0639 e. The number of aliphatic hydroxyl groups is 1. The summed E-state index contributed by atoms with van der Waals surface area (Å²) >= 11 is 1.85. The summed E-state index contributed by atoms with van der Waals surface area (Å²) in [6, 6.07) is 10.4. The fourth-order valence-electron chi connectivity index (χ4n) is 1.06. The number of hydrogen-bond donors (Lipinski definition) is 1. The minimum absolute atomic E-state index is 0.177. The molecule has 0 spiro atoms. The maximum Gasteiger partial charge on any atom is 0.0639 e. The maximum absolute atomic E-state index is 8.78. The predicted molar refractivity (Wildman–Crippen MR) is 62.6 cm³/mol. The summed E-state index contributed by atoms with van der Waals surface area (Å²) in [5.74, 6) is 1.07. The highest BCUT2D eigenvalue weighted by Gasteiger charge is 1.91. The van der Waals surface area contributed by atoms with E-state index >= 15 is 0 Å². The van der Waals surface area contributed by atoms with Gasteiger partial charge in [-0.1, -0.05) is 29.8 Å². The van der Waals surface area contributed by atoms with Gasteiger partial charge >= 0.3 is 0 Å². The molecule has 0 unspecified atom stereocenters. The monoisotopic (exact) mass is 208 g/mol. The van der Waals surface area contributed by atoms with E-state index in [9.17, 15) is 0 Å². The highest BCUT2D eigenvalue weighted by Crippen LogP contribution is 2.17. The average molecular weight is 208 g/mol. The molecular weight excluding hydrogens is 192 g/mol. The van der Waals surface area contributed by atoms with E-state index in [1.165, 1.54) is 4.90 Å². The molecule has 0 bridgehead atoms. The van der Waals surface area contributed by atoms with Crippen LogP contribution in [0, 0.1) is 0 Å². The molecule has 1 aromatic rings. The average Bonchev–Trinajstić information content (AvgIpc) is 2.25. The van der Waals surface area contributed by atoms with Crippen LogP contribution in [0.3, 0.4) is 0 Å². The van der Waals surface area contributed by atoms with E-state index in [1.807, 2.05) is 24.8 Å². The molecule has 0 fully saturated rings. The zero-order chi connectivity index (χ0) is 10.2. The Morgan fingerprint density at radius 1 is 1.36 bits per heavy atom. The van der Waals surface area contributed by atoms with Crippen LogP contribution < -0.4 is 0 Å². The third-order valence-electron chi connectivity index (χ3n) is 1.87. The fourth-order valence-corrected chi connectivity index (χ4v) is 1.88. The molecule has 1 N–H and O–H groups in total. The van der Waals surface area contributed by atoms with Gasteiger partial charge in [0.25, 0.3) is 0 Å². The van der Waals surface area contributed by atoms with E-state index in [2.05, 4.69) is 30.3 Å². The van der Waals surface area contributed by atoms with Gasteiger partial charge in [-0.2, -0.15) is 0 Å². The van der Waals surface area contributed by atoms with Gasteiger partial charge in [0.15, 0.2) is 0 Å². The summed E-state index contributed by atoms with van der Waals surface area (Å²) in [6.45, 7) is 2.13. The minimum Gasteiger partial charge on any atom is -0.392 e. The molecule has 0 saturated heterocycles. The molecule has 2 heteroatoms. The van der Waals surface area contributed by atoms with Crippen LogP contribution in [0.2, 0.25) is 0 Å². The molecule has 1 aromatic carbocycles. The van der Waals surface area contributed by atoms with E-state index in [-0.39, 0.29) is 6.61 Å². The van der Waals surface area contributed by atoms with E-state index in [0.29, 0.717) is 0 Å². The third kappa shape index (κ3) is 4.49. The number of benzene rings is 1. The first-order valence-electron chi connectivity index (χ1n) is 4.77. The van der Waals surface area contributed by atoms with Gasteiger partial charge in [-0.15, -0.1) is 11.8 Å². The molecule has 76 valence electrons. The molecule has 0 heterocycles. The molecule has 0 aliphatic carbocycles. The Hall–Kier alpha value is -0.730. The van der Waals surface area contributed by atoms with Crippen molar-refractivity contribution in [3.8, 4) is 0 Å². The molecule has 1 nitrogen and oxygen atoms in total. The number of hydrogen-bond acceptors (Lipinski definition) is 2. The fraction of sp³-hybridized carbons (Fsp3) is 0.333. The first-order chi connectivity index (χ1) is 6.83. The van der Waals surface area contributed by atoms with Crippen molar-refractivity contribution in [3.63, 3.8) is 0 Å². The summed E-state index contributed by atoms with van der Waals surface area (Å²) in [5.41, 5.74) is 1.05. The molecule has 0 aromatic heterocycles. The van der Waals surface area contributed by atoms with Crippen LogP contribution >= 0.6 is 11.8 Å². The Kier molecular flexibility index (Phi) is 5.42. The standard InChI is InChI=1S/C12H16OS/c1-11(10-13)6-5-9-14-12-7-3-2-4-8-12/h2-4,6-8,13H,5,9-10H2,1H3. The quantitative estimate of drug-likeness (QED) is 0.456. The SMILES string of the molecule is CC(=CCCSc1ccccc1)CO. The van der Waals surface area contributed by atoms with Crippen LogP contribution in [-0.2, 0) is 0 Å². The maximum atomic E-state index is 8.78. The van der Waals surface area contributed by atoms with Crippen LogP contribution in [-0.4, -0.2) is 17.5 Å². The van der Waals surface area contributed by atoms with Gasteiger partial charge in [0.2, 0.25) is 0 Å². The van der Waals surface area contributed by atoms with Crippen LogP contribution in [0.4, 0.5) is 0 Å². The Morgan fingerprint density at radius 3 is 2.71 bits per heavy atom. The van der Waals surface area contributed by atoms with Crippen LogP contribution in [0.15, 0.2) is 46.9 Å². The van der Waals surface area contributed by atoms with Crippen molar-refractivity contribution in [1.29, 1.82) is 0 Å². The zero-order valence-corrected chi connectivity index (χ0v) is 9.26. The van der Waals surface area contributed by atoms with Gasteiger partial charge < -0.3 is 5.11 Å². The van der Waals surface area contributed by atoms with Crippen LogP contribution in [0.5, 0.6) is 0 Å². The van der Waals surface area contributed by atoms with Crippen LogP contribution in [0.25, 0.3) is 0 Å². The lowest BCUT2D eigenvalue weighted by atomic mass is 10.3. The van der Waals surface area contributed by atoms with Crippen molar-refractivity contribution in [1.82, 2.24) is 0 Å². The molecule has 0 atom stereocenters. The number of rotatable bonds is 5. The van der Waals surface area contributed by atoms with Crippen molar-refractivity contribution in [3.05, 3.63) is 42.0 Å². The Balaban J connectivity index is 2.23. The lowest BCUT2D eigenvalue weighted by molar-refractivity contribution is 0.331. The Labute approximate surface area is 89.8 Å². The summed E-state index contributed by atoms with van der Waals surface area (Å²) in [5, 5.41) is 8.78. The number of allylic oxidation sites excluding steroid dienone is 1. The summed E-state index contributed by atoms with van der Waals surface area (Å²) in [4.78, 5) is 1.31. The first-order valence-corrected chi connectivity index (χ1v) is 5.76. The molecular formula is C12H16OS. The van der Waals surface area contributed by atoms with Gasteiger partial charge in [-0.25, -0.2) is 0 Å². The third-order valence-corrected chi connectivity index (χ3v) is 2.92. The second-order valence-electron chi connectivity index (χ2n) is 3.16. The second kappa shape index (κ2) is 6.68. The van der Waals surface area contributed by atoms with Crippen molar-refractivity contribution in [2.45, 2.75) is 18.2 Å². The second-order valence-corrected chi connectivity index (χ2v) is 4.33. The van der Waals surface area contributed by atoms with Gasteiger partial charge in [-0.3, -0.25) is 0 Å². The Bertz CT molecular complexity index is 280. The summed E-state index contributed by atoms with van der Waals surface area (Å²) in [6.07, 6.45) is 3.11. The van der Waals surface area contributed by atoms with E-state index in [4.69, 9.17) is 5.11 Å². The molecule has 0 aliphatic rings. The van der Waals surface area contributed by atoms with E-state index in [0.717, 1.165) is 17.7 Å². The molecule has 0 saturated carbocycles. The summed E-state index contributed by atoms with van der Waals surface area (Å²) < 4.78 is 0. The van der Waals surface area contributed by atoms with Gasteiger partial charge in [0.05, 0.1) is 6.61 Å². The van der Waals surface area contributed by atoms with E-state index in [1.54, 1.807) is 0 Å². The number of aliphatic hydroxyl groups excluding tert-OH is 1. The number of thioether (sulfide) groups is 1. The van der Waals surface area contributed by atoms with Crippen molar-refractivity contribution >= 4 is 11.8 Å². The lowest BCUT2D eigenvalue weighted by Crippen LogP contribution is -1.84. The van der Waals surface area contributed by atoms with Crippen molar-refractivity contribution < 1.29 is 5.11 Å². The highest BCUT2D eigenvalue weighted by atomic mass is 32.2. The van der Waals surface area contributed by atoms with Crippen LogP contribution in [0.1, 0.15) is 13.3 Å². The van der Waals surface area contributed by atoms with Crippen molar-refractivity contribution in [2.24, 2.45) is 0 Å². The highest BCUT2D eigenvalue weighted by molar-refractivity contribution is 7.99. The minimum atomic E-state index is 0.177. The molecule has 0 aliphatic heterocycles. The van der Waals surface area contributed by atoms with Gasteiger partial charge in [0, 0.05) is 10.6 Å². The normalized spacial score (nSPS) is 11.7. The van der Waals surface area contributed by atoms with Gasteiger partial charge in [0.1, 0.15) is 0 Å².